The van der Waals surface area contributed by atoms with Gasteiger partial charge in [-0.2, -0.15) is 0 Å². The van der Waals surface area contributed by atoms with Gasteiger partial charge in [-0.3, -0.25) is 0 Å². The Morgan fingerprint density at radius 1 is 2.00 bits per heavy atom. The normalized spacial score (nSPS) is 6.80. The first-order valence-electron chi connectivity index (χ1n) is 1.14. The number of hydrogen-bond donors (Lipinski definition) is 1. The molecule has 30 valence electrons. The van der Waals surface area contributed by atoms with Gasteiger partial charge < -0.3 is 5.32 Å². The number of hydrogen-bond acceptors (Lipinski definition) is 1. The van der Waals surface area contributed by atoms with Crippen LogP contribution in [-0.2, 0) is 0 Å². The van der Waals surface area contributed by atoms with Gasteiger partial charge in [-0.1, -0.05) is 0 Å². The molecule has 0 aliphatic rings. The van der Waals surface area contributed by atoms with Crippen molar-refractivity contribution < 1.29 is 9.18 Å². The first-order chi connectivity index (χ1) is 2.27. The second kappa shape index (κ2) is 1.69. The summed E-state index contributed by atoms with van der Waals surface area (Å²) < 4.78 is 10.7. The van der Waals surface area contributed by atoms with Crippen LogP contribution in [0, 0.1) is 0 Å². The van der Waals surface area contributed by atoms with E-state index in [1.54, 1.807) is 5.32 Å². The minimum absolute atomic E-state index is 1.22. The van der Waals surface area contributed by atoms with Crippen LogP contribution in [0.25, 0.3) is 0 Å². The first kappa shape index (κ1) is 4.40. The van der Waals surface area contributed by atoms with Crippen LogP contribution in [0.5, 0.6) is 0 Å². The van der Waals surface area contributed by atoms with Crippen molar-refractivity contribution in [1.29, 1.82) is 0 Å². The zero-order valence-corrected chi connectivity index (χ0v) is 2.79. The van der Waals surface area contributed by atoms with E-state index in [2.05, 4.69) is 0 Å². The summed E-state index contributed by atoms with van der Waals surface area (Å²) in [5.41, 5.74) is 0. The van der Waals surface area contributed by atoms with Crippen LogP contribution in [0.15, 0.2) is 0 Å². The maximum Gasteiger partial charge on any atom is 0.397 e. The van der Waals surface area contributed by atoms with E-state index in [-0.39, 0.29) is 0 Å². The van der Waals surface area contributed by atoms with Gasteiger partial charge in [0.25, 0.3) is 0 Å². The monoisotopic (exact) mass is 77.0 g/mol. The molecule has 0 saturated heterocycles. The molecule has 0 aliphatic carbocycles. The van der Waals surface area contributed by atoms with E-state index < -0.39 is 6.16 Å². The third-order valence-corrected chi connectivity index (χ3v) is 0.197. The molecule has 5 heavy (non-hydrogen) atoms. The van der Waals surface area contributed by atoms with Crippen LogP contribution in [-0.4, -0.2) is 13.2 Å². The SMILES string of the molecule is CNC(=O)F. The van der Waals surface area contributed by atoms with E-state index in [1.807, 2.05) is 0 Å². The lowest BCUT2D eigenvalue weighted by atomic mass is 11.2. The van der Waals surface area contributed by atoms with Crippen LogP contribution < -0.4 is 5.32 Å². The van der Waals surface area contributed by atoms with Gasteiger partial charge in [0, 0.05) is 7.05 Å². The fourth-order valence-corrected chi connectivity index (χ4v) is 0. The molecule has 0 fully saturated rings. The van der Waals surface area contributed by atoms with Crippen molar-refractivity contribution in [2.45, 2.75) is 0 Å². The Morgan fingerprint density at radius 2 is 2.20 bits per heavy atom. The largest absolute Gasteiger partial charge is 0.397 e. The highest BCUT2D eigenvalue weighted by atomic mass is 19.1. The number of carbonyl (C=O) groups is 1. The van der Waals surface area contributed by atoms with Gasteiger partial charge >= 0.3 is 6.16 Å². The Labute approximate surface area is 29.0 Å². The number of nitrogens with one attached hydrogen (secondary N) is 1. The molecule has 1 amide bonds. The molecule has 0 bridgehead atoms. The molecule has 0 atom stereocenters. The predicted molar refractivity (Wildman–Crippen MR) is 15.6 cm³/mol. The quantitative estimate of drug-likeness (QED) is 0.327. The smallest absolute Gasteiger partial charge is 0.331 e. The highest BCUT2D eigenvalue weighted by Gasteiger charge is 1.80. The number of halogens is 1. The first-order valence-corrected chi connectivity index (χ1v) is 1.14. The van der Waals surface area contributed by atoms with Gasteiger partial charge in [-0.05, 0) is 0 Å². The third-order valence-electron chi connectivity index (χ3n) is 0.197. The summed E-state index contributed by atoms with van der Waals surface area (Å²) in [5.74, 6) is 0. The van der Waals surface area contributed by atoms with E-state index in [1.165, 1.54) is 7.05 Å². The highest BCUT2D eigenvalue weighted by Crippen LogP contribution is 1.60. The molecule has 0 rings (SSSR count). The van der Waals surface area contributed by atoms with Crippen molar-refractivity contribution in [2.24, 2.45) is 0 Å². The van der Waals surface area contributed by atoms with Gasteiger partial charge in [0.2, 0.25) is 0 Å². The van der Waals surface area contributed by atoms with Crippen LogP contribution in [0.2, 0.25) is 0 Å². The maximum absolute atomic E-state index is 10.7. The molecule has 0 saturated carbocycles. The summed E-state index contributed by atoms with van der Waals surface area (Å²) in [5, 5.41) is 1.72. The fraction of sp³-hybridized carbons (Fsp3) is 0.500. The van der Waals surface area contributed by atoms with Crippen molar-refractivity contribution in [2.75, 3.05) is 7.05 Å². The summed E-state index contributed by atoms with van der Waals surface area (Å²) in [4.78, 5) is 9.03. The molecule has 0 unspecified atom stereocenters. The van der Waals surface area contributed by atoms with Crippen LogP contribution in [0.4, 0.5) is 9.18 Å². The molecular formula is C2H4FNO. The lowest BCUT2D eigenvalue weighted by molar-refractivity contribution is 0.224. The Bertz CT molecular complexity index is 44.9. The zero-order valence-electron chi connectivity index (χ0n) is 2.79. The van der Waals surface area contributed by atoms with Gasteiger partial charge in [0.15, 0.2) is 0 Å². The van der Waals surface area contributed by atoms with Gasteiger partial charge in [-0.15, -0.1) is 4.39 Å². The van der Waals surface area contributed by atoms with E-state index in [9.17, 15) is 4.39 Å². The number of amides is 1. The molecule has 0 aromatic heterocycles. The molecule has 1 N–H and O–H groups in total. The molecule has 3 heteroatoms. The predicted octanol–water partition coefficient (Wildman–Crippen LogP) is 0.295. The Hall–Kier alpha value is -0.600. The second-order valence-electron chi connectivity index (χ2n) is 0.524. The van der Waals surface area contributed by atoms with E-state index in [0.29, 0.717) is 0 Å². The number of rotatable bonds is 0. The van der Waals surface area contributed by atoms with Crippen molar-refractivity contribution in [1.82, 2.24) is 5.32 Å². The van der Waals surface area contributed by atoms with Crippen molar-refractivity contribution in [3.8, 4) is 0 Å². The lowest BCUT2D eigenvalue weighted by Crippen LogP contribution is -2.08. The molecule has 2 nitrogen and oxygen atoms in total. The highest BCUT2D eigenvalue weighted by molar-refractivity contribution is 5.64. The summed E-state index contributed by atoms with van der Waals surface area (Å²) in [7, 11) is 1.22. The Morgan fingerprint density at radius 3 is 2.20 bits per heavy atom. The Balaban J connectivity index is 2.85. The molecule has 0 heterocycles. The van der Waals surface area contributed by atoms with Crippen LogP contribution in [0.3, 0.4) is 0 Å². The summed E-state index contributed by atoms with van der Waals surface area (Å²) in [6.45, 7) is 0. The Kier molecular flexibility index (Phi) is 1.49. The van der Waals surface area contributed by atoms with Crippen molar-refractivity contribution in [3.05, 3.63) is 0 Å². The summed E-state index contributed by atoms with van der Waals surface area (Å²) in [6.07, 6.45) is -1.50. The minimum Gasteiger partial charge on any atom is -0.331 e. The average molecular weight is 77.1 g/mol. The van der Waals surface area contributed by atoms with Crippen LogP contribution in [0.1, 0.15) is 0 Å². The molecule has 0 radical (unpaired) electrons. The standard InChI is InChI=1S/C2H4FNO/c1-4-2(3)5/h1H3,(H,4,5). The molecule has 0 spiro atoms. The fourth-order valence-electron chi connectivity index (χ4n) is 0. The topological polar surface area (TPSA) is 29.1 Å². The van der Waals surface area contributed by atoms with Crippen molar-refractivity contribution >= 4 is 6.16 Å². The number of carbonyl (C=O) groups excluding carboxylic acids is 1. The van der Waals surface area contributed by atoms with E-state index in [4.69, 9.17) is 4.79 Å². The molecule has 0 aliphatic heterocycles. The average Bonchev–Trinajstić information content (AvgIpc) is 1.38. The minimum atomic E-state index is -1.50. The van der Waals surface area contributed by atoms with Crippen molar-refractivity contribution in [3.63, 3.8) is 0 Å². The van der Waals surface area contributed by atoms with Gasteiger partial charge in [0.05, 0.1) is 0 Å². The van der Waals surface area contributed by atoms with Gasteiger partial charge in [-0.25, -0.2) is 4.79 Å². The van der Waals surface area contributed by atoms with Crippen LogP contribution >= 0.6 is 0 Å². The maximum atomic E-state index is 10.7. The molecular weight excluding hydrogens is 73.0 g/mol. The third kappa shape index (κ3) is 3.40. The second-order valence-corrected chi connectivity index (χ2v) is 0.524. The zero-order chi connectivity index (χ0) is 4.28. The lowest BCUT2D eigenvalue weighted by Gasteiger charge is -1.74. The van der Waals surface area contributed by atoms with E-state index in [0.717, 1.165) is 0 Å². The molecule has 0 aromatic rings. The summed E-state index contributed by atoms with van der Waals surface area (Å²) in [6, 6.07) is 0. The van der Waals surface area contributed by atoms with E-state index >= 15 is 0 Å². The molecule has 0 aromatic carbocycles. The summed E-state index contributed by atoms with van der Waals surface area (Å²) >= 11 is 0. The van der Waals surface area contributed by atoms with Gasteiger partial charge in [0.1, 0.15) is 0 Å².